The van der Waals surface area contributed by atoms with E-state index in [1.807, 2.05) is 0 Å². The molecular formula is C9H17N2O2. The van der Waals surface area contributed by atoms with Crippen LogP contribution in [-0.4, -0.2) is 62.7 Å². The lowest BCUT2D eigenvalue weighted by molar-refractivity contribution is 0.143. The Balaban J connectivity index is 1.99. The Kier molecular flexibility index (Phi) is 4.78. The molecule has 1 heterocycles. The minimum atomic E-state index is 0.496. The highest BCUT2D eigenvalue weighted by Crippen LogP contribution is 1.99. The van der Waals surface area contributed by atoms with E-state index in [-0.39, 0.29) is 0 Å². The normalized spacial score (nSPS) is 20.1. The summed E-state index contributed by atoms with van der Waals surface area (Å²) < 4.78 is 4.50. The molecule has 4 heteroatoms. The largest absolute Gasteiger partial charge is 0.457 e. The molecule has 1 saturated heterocycles. The van der Waals surface area contributed by atoms with Crippen LogP contribution in [0.3, 0.4) is 0 Å². The highest BCUT2D eigenvalue weighted by Gasteiger charge is 2.12. The van der Waals surface area contributed by atoms with E-state index in [1.54, 1.807) is 0 Å². The molecule has 1 radical (unpaired) electrons. The first-order valence-electron chi connectivity index (χ1n) is 4.73. The predicted molar refractivity (Wildman–Crippen MR) is 50.2 cm³/mol. The van der Waals surface area contributed by atoms with Crippen LogP contribution in [0.4, 0.5) is 0 Å². The van der Waals surface area contributed by atoms with Gasteiger partial charge in [-0.2, -0.15) is 0 Å². The van der Waals surface area contributed by atoms with Crippen LogP contribution in [0.25, 0.3) is 0 Å². The smallest absolute Gasteiger partial charge is 0.417 e. The lowest BCUT2D eigenvalue weighted by Gasteiger charge is -2.32. The molecule has 0 aromatic rings. The molecule has 75 valence electrons. The summed E-state index contributed by atoms with van der Waals surface area (Å²) in [5, 5.41) is 0. The van der Waals surface area contributed by atoms with Crippen molar-refractivity contribution in [3.63, 3.8) is 0 Å². The van der Waals surface area contributed by atoms with E-state index in [0.29, 0.717) is 6.61 Å². The van der Waals surface area contributed by atoms with E-state index in [1.165, 1.54) is 6.47 Å². The van der Waals surface area contributed by atoms with Crippen LogP contribution in [0.1, 0.15) is 6.42 Å². The Hall–Kier alpha value is -0.610. The van der Waals surface area contributed by atoms with Crippen molar-refractivity contribution in [2.24, 2.45) is 0 Å². The summed E-state index contributed by atoms with van der Waals surface area (Å²) in [4.78, 5) is 14.5. The average Bonchev–Trinajstić information content (AvgIpc) is 2.15. The van der Waals surface area contributed by atoms with Crippen LogP contribution in [-0.2, 0) is 9.53 Å². The summed E-state index contributed by atoms with van der Waals surface area (Å²) in [5.74, 6) is 0. The Morgan fingerprint density at radius 2 is 2.00 bits per heavy atom. The molecule has 0 atom stereocenters. The summed E-state index contributed by atoms with van der Waals surface area (Å²) in [5.41, 5.74) is 0. The van der Waals surface area contributed by atoms with E-state index < -0.39 is 0 Å². The van der Waals surface area contributed by atoms with Crippen molar-refractivity contribution in [2.75, 3.05) is 46.4 Å². The third-order valence-electron chi connectivity index (χ3n) is 2.38. The summed E-state index contributed by atoms with van der Waals surface area (Å²) >= 11 is 0. The van der Waals surface area contributed by atoms with Gasteiger partial charge < -0.3 is 14.5 Å². The molecule has 1 aliphatic rings. The van der Waals surface area contributed by atoms with E-state index in [2.05, 4.69) is 21.6 Å². The average molecular weight is 185 g/mol. The van der Waals surface area contributed by atoms with E-state index in [9.17, 15) is 4.79 Å². The number of hydrogen-bond acceptors (Lipinski definition) is 4. The minimum Gasteiger partial charge on any atom is -0.457 e. The monoisotopic (exact) mass is 185 g/mol. The molecule has 0 amide bonds. The number of carbonyl (C=O) groups excluding carboxylic acids is 1. The van der Waals surface area contributed by atoms with Gasteiger partial charge in [0.1, 0.15) is 0 Å². The van der Waals surface area contributed by atoms with Gasteiger partial charge in [0.15, 0.2) is 0 Å². The first-order chi connectivity index (χ1) is 6.33. The van der Waals surface area contributed by atoms with Crippen LogP contribution >= 0.6 is 0 Å². The molecule has 0 unspecified atom stereocenters. The molecular weight excluding hydrogens is 168 g/mol. The Bertz CT molecular complexity index is 145. The van der Waals surface area contributed by atoms with Crippen molar-refractivity contribution in [1.82, 2.24) is 9.80 Å². The molecule has 0 saturated carbocycles. The molecule has 0 aromatic carbocycles. The van der Waals surface area contributed by atoms with Crippen molar-refractivity contribution < 1.29 is 9.53 Å². The van der Waals surface area contributed by atoms with Gasteiger partial charge in [-0.3, -0.25) is 0 Å². The fourth-order valence-electron chi connectivity index (χ4n) is 1.47. The molecule has 0 aliphatic carbocycles. The van der Waals surface area contributed by atoms with E-state index in [0.717, 1.165) is 39.1 Å². The highest BCUT2D eigenvalue weighted by molar-refractivity contribution is 5.37. The lowest BCUT2D eigenvalue weighted by Crippen LogP contribution is -2.44. The standard InChI is InChI=1S/C9H17N2O2/c1-10-4-6-11(7-5-10)3-2-8-13-9-12/h2-8H2,1H3. The topological polar surface area (TPSA) is 32.8 Å². The number of ether oxygens (including phenoxy) is 1. The maximum absolute atomic E-state index is 9.73. The first kappa shape index (κ1) is 10.5. The fourth-order valence-corrected chi connectivity index (χ4v) is 1.47. The lowest BCUT2D eigenvalue weighted by atomic mass is 10.3. The maximum Gasteiger partial charge on any atom is 0.417 e. The molecule has 1 rings (SSSR count). The van der Waals surface area contributed by atoms with Gasteiger partial charge in [0.2, 0.25) is 0 Å². The summed E-state index contributed by atoms with van der Waals surface area (Å²) in [6.45, 7) is 7.49. The Labute approximate surface area is 79.4 Å². The van der Waals surface area contributed by atoms with Crippen LogP contribution < -0.4 is 0 Å². The first-order valence-corrected chi connectivity index (χ1v) is 4.73. The summed E-state index contributed by atoms with van der Waals surface area (Å²) in [6, 6.07) is 0. The van der Waals surface area contributed by atoms with Crippen LogP contribution in [0.2, 0.25) is 0 Å². The van der Waals surface area contributed by atoms with Gasteiger partial charge in [-0.15, -0.1) is 0 Å². The van der Waals surface area contributed by atoms with Gasteiger partial charge in [0.05, 0.1) is 6.61 Å². The molecule has 4 nitrogen and oxygen atoms in total. The quantitative estimate of drug-likeness (QED) is 0.551. The number of nitrogens with zero attached hydrogens (tertiary/aromatic N) is 2. The zero-order valence-corrected chi connectivity index (χ0v) is 8.16. The SMILES string of the molecule is CN1CCN(CCCO[C]=O)CC1. The number of hydrogen-bond donors (Lipinski definition) is 0. The van der Waals surface area contributed by atoms with Gasteiger partial charge in [-0.05, 0) is 13.5 Å². The second-order valence-electron chi connectivity index (χ2n) is 3.43. The molecule has 0 bridgehead atoms. The third kappa shape index (κ3) is 4.24. The second kappa shape index (κ2) is 5.94. The number of rotatable bonds is 5. The van der Waals surface area contributed by atoms with Gasteiger partial charge in [-0.25, -0.2) is 4.79 Å². The van der Waals surface area contributed by atoms with Gasteiger partial charge >= 0.3 is 6.47 Å². The second-order valence-corrected chi connectivity index (χ2v) is 3.43. The maximum atomic E-state index is 9.73. The van der Waals surface area contributed by atoms with Crippen LogP contribution in [0, 0.1) is 0 Å². The van der Waals surface area contributed by atoms with Crippen molar-refractivity contribution >= 4 is 6.47 Å². The third-order valence-corrected chi connectivity index (χ3v) is 2.38. The van der Waals surface area contributed by atoms with Crippen molar-refractivity contribution in [2.45, 2.75) is 6.42 Å². The predicted octanol–water partition coefficient (Wildman–Crippen LogP) is -0.292. The van der Waals surface area contributed by atoms with Crippen molar-refractivity contribution in [3.8, 4) is 0 Å². The van der Waals surface area contributed by atoms with E-state index in [4.69, 9.17) is 0 Å². The zero-order valence-electron chi connectivity index (χ0n) is 8.16. The minimum absolute atomic E-state index is 0.496. The van der Waals surface area contributed by atoms with E-state index >= 15 is 0 Å². The molecule has 0 N–H and O–H groups in total. The molecule has 1 aliphatic heterocycles. The fraction of sp³-hybridized carbons (Fsp3) is 0.889. The molecule has 13 heavy (non-hydrogen) atoms. The van der Waals surface area contributed by atoms with Crippen LogP contribution in [0.5, 0.6) is 0 Å². The Morgan fingerprint density at radius 1 is 1.31 bits per heavy atom. The molecule has 0 spiro atoms. The Morgan fingerprint density at radius 3 is 2.62 bits per heavy atom. The zero-order chi connectivity index (χ0) is 9.52. The van der Waals surface area contributed by atoms with Gasteiger partial charge in [0.25, 0.3) is 0 Å². The number of likely N-dealkylation sites (N-methyl/N-ethyl adjacent to an activating group) is 1. The molecule has 1 fully saturated rings. The molecule has 0 aromatic heterocycles. The van der Waals surface area contributed by atoms with Crippen molar-refractivity contribution in [1.29, 1.82) is 0 Å². The van der Waals surface area contributed by atoms with Gasteiger partial charge in [-0.1, -0.05) is 0 Å². The number of piperazine rings is 1. The highest BCUT2D eigenvalue weighted by atomic mass is 16.5. The van der Waals surface area contributed by atoms with Crippen molar-refractivity contribution in [3.05, 3.63) is 0 Å². The van der Waals surface area contributed by atoms with Gasteiger partial charge in [0, 0.05) is 32.7 Å². The van der Waals surface area contributed by atoms with Crippen LogP contribution in [0.15, 0.2) is 0 Å². The summed E-state index contributed by atoms with van der Waals surface area (Å²) in [6.07, 6.45) is 0.916. The summed E-state index contributed by atoms with van der Waals surface area (Å²) in [7, 11) is 2.14.